The van der Waals surface area contributed by atoms with Crippen LogP contribution < -0.4 is 0 Å². The molecule has 4 aliphatic rings. The van der Waals surface area contributed by atoms with Gasteiger partial charge in [0.15, 0.2) is 5.78 Å². The monoisotopic (exact) mass is 340 g/mol. The first-order valence-corrected chi connectivity index (χ1v) is 10.1. The van der Waals surface area contributed by atoms with Gasteiger partial charge in [0.1, 0.15) is 5.78 Å². The number of Topliss-reactive ketones (excluding diaryl/α,β-unsaturated/α-hetero) is 1. The summed E-state index contributed by atoms with van der Waals surface area (Å²) in [5.74, 6) is 2.95. The zero-order valence-corrected chi connectivity index (χ0v) is 16.4. The Hall–Kier alpha value is -1.18. The van der Waals surface area contributed by atoms with Crippen molar-refractivity contribution >= 4 is 11.6 Å². The molecule has 2 nitrogen and oxygen atoms in total. The van der Waals surface area contributed by atoms with E-state index >= 15 is 0 Å². The highest BCUT2D eigenvalue weighted by atomic mass is 16.1. The van der Waals surface area contributed by atoms with Gasteiger partial charge >= 0.3 is 0 Å². The number of fused-ring (bicyclic) bond motifs is 5. The third-order valence-corrected chi connectivity index (χ3v) is 9.46. The zero-order valence-electron chi connectivity index (χ0n) is 16.4. The predicted octanol–water partition coefficient (Wildman–Crippen LogP) is 5.14. The van der Waals surface area contributed by atoms with Crippen LogP contribution in [0.25, 0.3) is 0 Å². The second-order valence-corrected chi connectivity index (χ2v) is 9.95. The summed E-state index contributed by atoms with van der Waals surface area (Å²) in [6.07, 6.45) is 11.6. The van der Waals surface area contributed by atoms with Crippen LogP contribution in [-0.4, -0.2) is 11.6 Å². The number of hydrogen-bond donors (Lipinski definition) is 0. The van der Waals surface area contributed by atoms with Crippen LogP contribution >= 0.6 is 0 Å². The van der Waals surface area contributed by atoms with Crippen molar-refractivity contribution in [3.63, 3.8) is 0 Å². The topological polar surface area (TPSA) is 34.1 Å². The highest BCUT2D eigenvalue weighted by Crippen LogP contribution is 2.70. The first-order valence-electron chi connectivity index (χ1n) is 10.1. The molecule has 0 unspecified atom stereocenters. The third-order valence-electron chi connectivity index (χ3n) is 9.46. The lowest BCUT2D eigenvalue weighted by molar-refractivity contribution is -0.140. The Kier molecular flexibility index (Phi) is 3.57. The van der Waals surface area contributed by atoms with Crippen molar-refractivity contribution in [2.24, 2.45) is 39.9 Å². The average Bonchev–Trinajstić information content (AvgIpc) is 2.77. The molecule has 7 atom stereocenters. The van der Waals surface area contributed by atoms with Crippen molar-refractivity contribution in [2.75, 3.05) is 0 Å². The minimum Gasteiger partial charge on any atom is -0.299 e. The van der Waals surface area contributed by atoms with Gasteiger partial charge in [-0.25, -0.2) is 0 Å². The van der Waals surface area contributed by atoms with E-state index in [9.17, 15) is 9.59 Å². The Morgan fingerprint density at radius 3 is 2.56 bits per heavy atom. The molecule has 2 heteroatoms. The van der Waals surface area contributed by atoms with Gasteiger partial charge in [-0.3, -0.25) is 9.59 Å². The second-order valence-electron chi connectivity index (χ2n) is 9.95. The summed E-state index contributed by atoms with van der Waals surface area (Å²) in [5, 5.41) is 0. The Balaban J connectivity index is 1.74. The standard InChI is InChI=1S/C23H32O2/c1-14-12-20-18-7-6-16-13-17(25)8-10-21(16,3)19(18)9-11-22(20,4)23(14,5)15(2)24/h8,10,13-14,18-20H,6-7,9,11-12H2,1-5H3/t14-,18-,19+,20-,21+,22+,23-/m1/s1. The molecule has 0 N–H and O–H groups in total. The highest BCUT2D eigenvalue weighted by Gasteiger charge is 2.66. The van der Waals surface area contributed by atoms with Gasteiger partial charge in [0.25, 0.3) is 0 Å². The molecule has 4 rings (SSSR count). The van der Waals surface area contributed by atoms with E-state index < -0.39 is 0 Å². The fourth-order valence-electron chi connectivity index (χ4n) is 7.53. The minimum absolute atomic E-state index is 0.0522. The Bertz CT molecular complexity index is 701. The third kappa shape index (κ3) is 1.97. The van der Waals surface area contributed by atoms with Crippen LogP contribution in [0.15, 0.2) is 23.8 Å². The van der Waals surface area contributed by atoms with Gasteiger partial charge in [-0.15, -0.1) is 0 Å². The van der Waals surface area contributed by atoms with Crippen molar-refractivity contribution in [1.29, 1.82) is 0 Å². The zero-order chi connectivity index (χ0) is 18.2. The molecular formula is C23H32O2. The van der Waals surface area contributed by atoms with Crippen LogP contribution in [-0.2, 0) is 9.59 Å². The normalized spacial score (nSPS) is 51.4. The molecule has 4 aliphatic carbocycles. The van der Waals surface area contributed by atoms with Crippen molar-refractivity contribution in [1.82, 2.24) is 0 Å². The molecule has 0 aliphatic heterocycles. The Morgan fingerprint density at radius 1 is 1.16 bits per heavy atom. The molecule has 3 saturated carbocycles. The number of carbonyl (C=O) groups is 2. The molecule has 25 heavy (non-hydrogen) atoms. The fourth-order valence-corrected chi connectivity index (χ4v) is 7.53. The van der Waals surface area contributed by atoms with E-state index in [1.165, 1.54) is 24.8 Å². The van der Waals surface area contributed by atoms with Gasteiger partial charge in [-0.2, -0.15) is 0 Å². The van der Waals surface area contributed by atoms with E-state index in [1.54, 1.807) is 6.08 Å². The summed E-state index contributed by atoms with van der Waals surface area (Å²) in [6.45, 7) is 11.1. The maximum Gasteiger partial charge on any atom is 0.178 e. The molecular weight excluding hydrogens is 308 g/mol. The molecule has 0 aromatic rings. The molecule has 0 radical (unpaired) electrons. The van der Waals surface area contributed by atoms with Gasteiger partial charge < -0.3 is 0 Å². The van der Waals surface area contributed by atoms with Crippen molar-refractivity contribution in [3.05, 3.63) is 23.8 Å². The first kappa shape index (κ1) is 17.2. The predicted molar refractivity (Wildman–Crippen MR) is 100.0 cm³/mol. The molecule has 0 heterocycles. The summed E-state index contributed by atoms with van der Waals surface area (Å²) >= 11 is 0. The van der Waals surface area contributed by atoms with Crippen LogP contribution in [0.4, 0.5) is 0 Å². The number of allylic oxidation sites excluding steroid dienone is 4. The van der Waals surface area contributed by atoms with Gasteiger partial charge in [-0.05, 0) is 80.3 Å². The van der Waals surface area contributed by atoms with Gasteiger partial charge in [0.05, 0.1) is 0 Å². The van der Waals surface area contributed by atoms with E-state index in [1.807, 2.05) is 13.0 Å². The number of rotatable bonds is 1. The maximum atomic E-state index is 12.7. The average molecular weight is 341 g/mol. The minimum atomic E-state index is -0.183. The first-order chi connectivity index (χ1) is 11.6. The summed E-state index contributed by atoms with van der Waals surface area (Å²) in [4.78, 5) is 24.5. The fraction of sp³-hybridized carbons (Fsp3) is 0.739. The Labute approximate surface area is 152 Å². The molecule has 0 aromatic carbocycles. The number of carbonyl (C=O) groups excluding carboxylic acids is 2. The van der Waals surface area contributed by atoms with E-state index in [2.05, 4.69) is 33.8 Å². The molecule has 0 saturated heterocycles. The second kappa shape index (κ2) is 5.18. The van der Waals surface area contributed by atoms with E-state index in [0.717, 1.165) is 12.8 Å². The summed E-state index contributed by atoms with van der Waals surface area (Å²) in [7, 11) is 0. The van der Waals surface area contributed by atoms with E-state index in [4.69, 9.17) is 0 Å². The van der Waals surface area contributed by atoms with Crippen LogP contribution in [0.5, 0.6) is 0 Å². The lowest BCUT2D eigenvalue weighted by Crippen LogP contribution is -2.53. The largest absolute Gasteiger partial charge is 0.299 e. The summed E-state index contributed by atoms with van der Waals surface area (Å²) in [5.41, 5.74) is 1.35. The van der Waals surface area contributed by atoms with Crippen LogP contribution in [0.3, 0.4) is 0 Å². The number of hydrogen-bond acceptors (Lipinski definition) is 2. The van der Waals surface area contributed by atoms with Crippen molar-refractivity contribution < 1.29 is 9.59 Å². The van der Waals surface area contributed by atoms with Gasteiger partial charge in [-0.1, -0.05) is 39.3 Å². The van der Waals surface area contributed by atoms with Gasteiger partial charge in [0.2, 0.25) is 0 Å². The molecule has 136 valence electrons. The molecule has 0 aromatic heterocycles. The molecule has 0 amide bonds. The maximum absolute atomic E-state index is 12.7. The van der Waals surface area contributed by atoms with Crippen LogP contribution in [0.1, 0.15) is 66.7 Å². The van der Waals surface area contributed by atoms with Crippen LogP contribution in [0, 0.1) is 39.9 Å². The molecule has 0 bridgehead atoms. The number of ketones is 2. The smallest absolute Gasteiger partial charge is 0.178 e. The van der Waals surface area contributed by atoms with Crippen molar-refractivity contribution in [3.8, 4) is 0 Å². The van der Waals surface area contributed by atoms with E-state index in [0.29, 0.717) is 29.5 Å². The summed E-state index contributed by atoms with van der Waals surface area (Å²) < 4.78 is 0. The lowest BCUT2D eigenvalue weighted by Gasteiger charge is -2.58. The van der Waals surface area contributed by atoms with Crippen molar-refractivity contribution in [2.45, 2.75) is 66.7 Å². The molecule has 0 spiro atoms. The van der Waals surface area contributed by atoms with E-state index in [-0.39, 0.29) is 22.0 Å². The Morgan fingerprint density at radius 2 is 1.88 bits per heavy atom. The lowest BCUT2D eigenvalue weighted by atomic mass is 9.45. The molecule has 3 fully saturated rings. The summed E-state index contributed by atoms with van der Waals surface area (Å²) in [6, 6.07) is 0. The van der Waals surface area contributed by atoms with Gasteiger partial charge in [0, 0.05) is 10.8 Å². The van der Waals surface area contributed by atoms with Crippen LogP contribution in [0.2, 0.25) is 0 Å². The SMILES string of the molecule is CC(=O)[C@@]1(C)[C@H](C)C[C@@H]2[C@@H]3CCC4=CC(=O)C=C[C@]4(C)[C@H]3CC[C@@]21C. The highest BCUT2D eigenvalue weighted by molar-refractivity contribution is 6.01. The quantitative estimate of drug-likeness (QED) is 0.662.